The maximum Gasteiger partial charge on any atom is 0.243 e. The average molecular weight is 446 g/mol. The minimum absolute atomic E-state index is 0.0370. The molecule has 0 spiro atoms. The van der Waals surface area contributed by atoms with Crippen LogP contribution in [0.25, 0.3) is 21.0 Å². The first-order valence-corrected chi connectivity index (χ1v) is 11.8. The Hall–Kier alpha value is -2.72. The number of aryl methyl sites for hydroxylation is 1. The van der Waals surface area contributed by atoms with E-state index in [4.69, 9.17) is 5.21 Å². The molecule has 7 nitrogen and oxygen atoms in total. The maximum atomic E-state index is 11.3. The number of rotatable bonds is 6. The lowest BCUT2D eigenvalue weighted by atomic mass is 10.1. The molecule has 9 heteroatoms. The Labute approximate surface area is 178 Å². The number of carbonyl (C=O) groups is 1. The normalized spacial score (nSPS) is 11.3. The Kier molecular flexibility index (Phi) is 7.22. The van der Waals surface area contributed by atoms with Crippen molar-refractivity contribution in [3.05, 3.63) is 71.2 Å². The fourth-order valence-corrected chi connectivity index (χ4v) is 4.57. The van der Waals surface area contributed by atoms with Gasteiger partial charge in [-0.1, -0.05) is 24.3 Å². The largest absolute Gasteiger partial charge is 0.361 e. The number of aromatic amines is 1. The molecule has 2 heterocycles. The van der Waals surface area contributed by atoms with Gasteiger partial charge in [0.05, 0.1) is 5.75 Å². The van der Waals surface area contributed by atoms with Crippen molar-refractivity contribution in [3.8, 4) is 0 Å². The molecule has 4 N–H and O–H groups in total. The minimum atomic E-state index is -3.17. The first-order chi connectivity index (χ1) is 14.4. The smallest absolute Gasteiger partial charge is 0.243 e. The topological polar surface area (TPSA) is 111 Å². The summed E-state index contributed by atoms with van der Waals surface area (Å²) >= 11 is 1.65. The molecule has 2 aromatic heterocycles. The van der Waals surface area contributed by atoms with E-state index in [0.717, 1.165) is 27.4 Å². The first kappa shape index (κ1) is 22.0. The Morgan fingerprint density at radius 2 is 1.97 bits per heavy atom. The number of benzene rings is 2. The minimum Gasteiger partial charge on any atom is -0.361 e. The van der Waals surface area contributed by atoms with Gasteiger partial charge in [-0.2, -0.15) is 0 Å². The van der Waals surface area contributed by atoms with Crippen LogP contribution >= 0.6 is 11.3 Å². The van der Waals surface area contributed by atoms with E-state index in [1.54, 1.807) is 16.8 Å². The number of hydrogen-bond acceptors (Lipinski definition) is 5. The van der Waals surface area contributed by atoms with Crippen LogP contribution in [0.5, 0.6) is 0 Å². The van der Waals surface area contributed by atoms with Crippen molar-refractivity contribution in [2.24, 2.45) is 0 Å². The summed E-state index contributed by atoms with van der Waals surface area (Å²) in [5.74, 6) is -0.324. The molecule has 1 amide bonds. The Balaban J connectivity index is 0.000000171. The fraction of sp³-hybridized carbons (Fsp3) is 0.190. The number of H-pyrrole nitrogens is 1. The lowest BCUT2D eigenvalue weighted by molar-refractivity contribution is -0.129. The van der Waals surface area contributed by atoms with Crippen LogP contribution in [0.3, 0.4) is 0 Å². The molecular formula is C21H23N3O4S2. The van der Waals surface area contributed by atoms with Crippen LogP contribution in [-0.2, 0) is 27.0 Å². The quantitative estimate of drug-likeness (QED) is 0.269. The number of thiophene rings is 1. The van der Waals surface area contributed by atoms with Crippen molar-refractivity contribution in [2.45, 2.75) is 18.6 Å². The molecule has 158 valence electrons. The second kappa shape index (κ2) is 9.86. The second-order valence-corrected chi connectivity index (χ2v) is 9.52. The van der Waals surface area contributed by atoms with Gasteiger partial charge in [0.15, 0.2) is 0 Å². The van der Waals surface area contributed by atoms with Crippen LogP contribution in [0.4, 0.5) is 0 Å². The highest BCUT2D eigenvalue weighted by Gasteiger charge is 2.09. The lowest BCUT2D eigenvalue weighted by Crippen LogP contribution is -2.20. The van der Waals surface area contributed by atoms with Crippen LogP contribution < -0.4 is 10.2 Å². The Morgan fingerprint density at radius 1 is 1.17 bits per heavy atom. The van der Waals surface area contributed by atoms with Gasteiger partial charge in [-0.05, 0) is 59.6 Å². The summed E-state index contributed by atoms with van der Waals surface area (Å²) in [6, 6.07) is 15.7. The van der Waals surface area contributed by atoms with E-state index in [2.05, 4.69) is 9.71 Å². The number of carbonyl (C=O) groups excluding carboxylic acids is 1. The highest BCUT2D eigenvalue weighted by Crippen LogP contribution is 2.22. The molecule has 0 aliphatic carbocycles. The molecule has 4 aromatic rings. The molecule has 0 aliphatic heterocycles. The number of para-hydroxylation sites is 1. The Morgan fingerprint density at radius 3 is 2.73 bits per heavy atom. The van der Waals surface area contributed by atoms with Crippen molar-refractivity contribution >= 4 is 48.3 Å². The number of hydroxylamine groups is 1. The molecule has 0 fully saturated rings. The van der Waals surface area contributed by atoms with Crippen molar-refractivity contribution < 1.29 is 18.4 Å². The number of sulfonamides is 1. The van der Waals surface area contributed by atoms with Gasteiger partial charge >= 0.3 is 0 Å². The van der Waals surface area contributed by atoms with Gasteiger partial charge < -0.3 is 4.98 Å². The van der Waals surface area contributed by atoms with E-state index >= 15 is 0 Å². The van der Waals surface area contributed by atoms with E-state index in [1.807, 2.05) is 60.1 Å². The lowest BCUT2D eigenvalue weighted by Gasteiger charge is -2.02. The Bertz CT molecular complexity index is 1250. The van der Waals surface area contributed by atoms with E-state index in [0.29, 0.717) is 12.8 Å². The zero-order valence-electron chi connectivity index (χ0n) is 16.4. The monoisotopic (exact) mass is 445 g/mol. The molecule has 0 unspecified atom stereocenters. The van der Waals surface area contributed by atoms with Gasteiger partial charge in [0.25, 0.3) is 0 Å². The molecule has 0 saturated carbocycles. The molecule has 2 aromatic carbocycles. The summed E-state index contributed by atoms with van der Waals surface area (Å²) in [4.78, 5) is 14.0. The van der Waals surface area contributed by atoms with Crippen molar-refractivity contribution in [2.75, 3.05) is 7.05 Å². The number of fused-ring (bicyclic) bond motifs is 2. The third kappa shape index (κ3) is 5.67. The highest BCUT2D eigenvalue weighted by molar-refractivity contribution is 7.88. The van der Waals surface area contributed by atoms with Gasteiger partial charge in [0.2, 0.25) is 15.9 Å². The highest BCUT2D eigenvalue weighted by atomic mass is 32.2. The van der Waals surface area contributed by atoms with Gasteiger partial charge in [0, 0.05) is 28.2 Å². The molecule has 4 rings (SSSR count). The molecular weight excluding hydrogens is 422 g/mol. The van der Waals surface area contributed by atoms with Crippen LogP contribution in [-0.4, -0.2) is 31.6 Å². The summed E-state index contributed by atoms with van der Waals surface area (Å²) in [5, 5.41) is 12.6. The van der Waals surface area contributed by atoms with E-state index < -0.39 is 10.0 Å². The number of aromatic nitrogens is 1. The van der Waals surface area contributed by atoms with Gasteiger partial charge in [-0.15, -0.1) is 11.3 Å². The zero-order chi connectivity index (χ0) is 21.6. The van der Waals surface area contributed by atoms with Gasteiger partial charge in [0.1, 0.15) is 0 Å². The van der Waals surface area contributed by atoms with E-state index in [1.165, 1.54) is 11.7 Å². The van der Waals surface area contributed by atoms with Crippen LogP contribution in [0, 0.1) is 0 Å². The zero-order valence-corrected chi connectivity index (χ0v) is 18.0. The number of nitrogens with one attached hydrogen (secondary N) is 3. The van der Waals surface area contributed by atoms with Gasteiger partial charge in [-0.25, -0.2) is 18.6 Å². The fourth-order valence-electron chi connectivity index (χ4n) is 3.04. The average Bonchev–Trinajstić information content (AvgIpc) is 3.38. The third-order valence-electron chi connectivity index (χ3n) is 4.61. The second-order valence-electron chi connectivity index (χ2n) is 6.65. The maximum absolute atomic E-state index is 11.3. The summed E-state index contributed by atoms with van der Waals surface area (Å²) in [7, 11) is -1.74. The summed E-state index contributed by atoms with van der Waals surface area (Å²) in [5.41, 5.74) is 4.60. The van der Waals surface area contributed by atoms with E-state index in [-0.39, 0.29) is 11.7 Å². The third-order valence-corrected chi connectivity index (χ3v) is 6.84. The number of amides is 1. The molecule has 30 heavy (non-hydrogen) atoms. The van der Waals surface area contributed by atoms with Crippen molar-refractivity contribution in [1.82, 2.24) is 15.2 Å². The predicted molar refractivity (Wildman–Crippen MR) is 120 cm³/mol. The summed E-state index contributed by atoms with van der Waals surface area (Å²) in [6.07, 6.45) is 2.81. The molecule has 0 aliphatic rings. The SMILES string of the molecule is CNS(=O)(=O)Cc1ccc2sccc2c1.O=C(CCc1c[nH]c2ccccc12)NO. The predicted octanol–water partition coefficient (Wildman–Crippen LogP) is 3.56. The van der Waals surface area contributed by atoms with Crippen molar-refractivity contribution in [1.29, 1.82) is 0 Å². The van der Waals surface area contributed by atoms with Crippen molar-refractivity contribution in [3.63, 3.8) is 0 Å². The number of hydrogen-bond donors (Lipinski definition) is 4. The molecule has 0 radical (unpaired) electrons. The summed E-state index contributed by atoms with van der Waals surface area (Å²) in [6.45, 7) is 0. The van der Waals surface area contributed by atoms with E-state index in [9.17, 15) is 13.2 Å². The molecule has 0 bridgehead atoms. The standard InChI is InChI=1S/C11H12N2O2.C10H11NO2S2/c14-11(13-15)6-5-8-7-12-10-4-2-1-3-9(8)10;1-11-15(12,13)7-8-2-3-10-9(6-8)4-5-14-10/h1-4,7,12,15H,5-6H2,(H,13,14);2-6,11H,7H2,1H3. The molecule has 0 saturated heterocycles. The van der Waals surface area contributed by atoms with Gasteiger partial charge in [-0.3, -0.25) is 10.0 Å². The van der Waals surface area contributed by atoms with Crippen LogP contribution in [0.2, 0.25) is 0 Å². The summed E-state index contributed by atoms with van der Waals surface area (Å²) < 4.78 is 26.2. The van der Waals surface area contributed by atoms with Crippen LogP contribution in [0.15, 0.2) is 60.1 Å². The first-order valence-electron chi connectivity index (χ1n) is 9.27. The van der Waals surface area contributed by atoms with Crippen LogP contribution in [0.1, 0.15) is 17.5 Å². The molecule has 0 atom stereocenters.